The van der Waals surface area contributed by atoms with Crippen LogP contribution >= 0.6 is 0 Å². The van der Waals surface area contributed by atoms with Crippen LogP contribution in [0.4, 0.5) is 5.69 Å². The van der Waals surface area contributed by atoms with Crippen molar-refractivity contribution in [2.45, 2.75) is 20.0 Å². The Bertz CT molecular complexity index is 833. The van der Waals surface area contributed by atoms with Crippen molar-refractivity contribution in [1.82, 2.24) is 9.97 Å². The van der Waals surface area contributed by atoms with Crippen LogP contribution in [0.5, 0.6) is 5.88 Å². The number of carbonyl (C=O) groups excluding carboxylic acids is 1. The molecule has 3 rings (SSSR count). The molecule has 5 nitrogen and oxygen atoms in total. The summed E-state index contributed by atoms with van der Waals surface area (Å²) >= 11 is 0. The molecule has 0 radical (unpaired) electrons. The van der Waals surface area contributed by atoms with Crippen molar-refractivity contribution < 1.29 is 9.53 Å². The zero-order valence-electron chi connectivity index (χ0n) is 14.0. The second-order valence-electron chi connectivity index (χ2n) is 5.52. The van der Waals surface area contributed by atoms with Gasteiger partial charge in [-0.1, -0.05) is 49.4 Å². The first-order chi connectivity index (χ1) is 12.2. The van der Waals surface area contributed by atoms with E-state index in [4.69, 9.17) is 4.74 Å². The number of aryl methyl sites for hydroxylation is 1. The summed E-state index contributed by atoms with van der Waals surface area (Å²) in [4.78, 5) is 20.4. The van der Waals surface area contributed by atoms with E-state index in [1.807, 2.05) is 54.6 Å². The summed E-state index contributed by atoms with van der Waals surface area (Å²) in [5, 5.41) is 2.83. The minimum atomic E-state index is -0.295. The number of anilines is 1. The van der Waals surface area contributed by atoms with Gasteiger partial charge in [-0.15, -0.1) is 0 Å². The first kappa shape index (κ1) is 16.6. The lowest BCUT2D eigenvalue weighted by Gasteiger charge is -2.08. The lowest BCUT2D eigenvalue weighted by atomic mass is 10.1. The van der Waals surface area contributed by atoms with Crippen LogP contribution < -0.4 is 10.1 Å². The fourth-order valence-electron chi connectivity index (χ4n) is 2.29. The largest absolute Gasteiger partial charge is 0.473 e. The van der Waals surface area contributed by atoms with Gasteiger partial charge in [0.15, 0.2) is 0 Å². The van der Waals surface area contributed by atoms with Crippen LogP contribution in [0.15, 0.2) is 67.0 Å². The van der Waals surface area contributed by atoms with Crippen molar-refractivity contribution in [3.05, 3.63) is 83.8 Å². The van der Waals surface area contributed by atoms with Crippen molar-refractivity contribution in [3.63, 3.8) is 0 Å². The van der Waals surface area contributed by atoms with Crippen LogP contribution in [0.1, 0.15) is 28.5 Å². The molecule has 0 atom stereocenters. The molecule has 0 bridgehead atoms. The normalized spacial score (nSPS) is 10.3. The Morgan fingerprint density at radius 2 is 1.76 bits per heavy atom. The van der Waals surface area contributed by atoms with E-state index < -0.39 is 0 Å². The third-order valence-electron chi connectivity index (χ3n) is 3.72. The topological polar surface area (TPSA) is 64.1 Å². The summed E-state index contributed by atoms with van der Waals surface area (Å²) in [6.45, 7) is 2.48. The van der Waals surface area contributed by atoms with E-state index in [9.17, 15) is 4.79 Å². The number of rotatable bonds is 6. The summed E-state index contributed by atoms with van der Waals surface area (Å²) < 4.78 is 5.63. The molecule has 0 saturated carbocycles. The Morgan fingerprint density at radius 3 is 2.48 bits per heavy atom. The fraction of sp³-hybridized carbons (Fsp3) is 0.150. The maximum absolute atomic E-state index is 12.3. The Balaban J connectivity index is 1.64. The third-order valence-corrected chi connectivity index (χ3v) is 3.72. The SMILES string of the molecule is CCc1ccc(NC(=O)c2cc(OCc3ccccc3)ncn2)cc1. The average Bonchev–Trinajstić information content (AvgIpc) is 2.68. The van der Waals surface area contributed by atoms with Gasteiger partial charge in [0.2, 0.25) is 5.88 Å². The zero-order chi connectivity index (χ0) is 17.5. The number of ether oxygens (including phenoxy) is 1. The molecule has 5 heteroatoms. The van der Waals surface area contributed by atoms with Gasteiger partial charge in [0.1, 0.15) is 18.6 Å². The molecule has 0 saturated heterocycles. The number of hydrogen-bond donors (Lipinski definition) is 1. The predicted octanol–water partition coefficient (Wildman–Crippen LogP) is 3.87. The highest BCUT2D eigenvalue weighted by molar-refractivity contribution is 6.02. The Morgan fingerprint density at radius 1 is 1.00 bits per heavy atom. The highest BCUT2D eigenvalue weighted by Crippen LogP contribution is 2.14. The van der Waals surface area contributed by atoms with Gasteiger partial charge in [-0.05, 0) is 29.7 Å². The average molecular weight is 333 g/mol. The van der Waals surface area contributed by atoms with Gasteiger partial charge >= 0.3 is 0 Å². The fourth-order valence-corrected chi connectivity index (χ4v) is 2.29. The van der Waals surface area contributed by atoms with Crippen molar-refractivity contribution >= 4 is 11.6 Å². The second kappa shape index (κ2) is 8.06. The number of amides is 1. The molecule has 25 heavy (non-hydrogen) atoms. The summed E-state index contributed by atoms with van der Waals surface area (Å²) in [6, 6.07) is 19.1. The zero-order valence-corrected chi connectivity index (χ0v) is 14.0. The highest BCUT2D eigenvalue weighted by atomic mass is 16.5. The van der Waals surface area contributed by atoms with Gasteiger partial charge < -0.3 is 10.1 Å². The minimum absolute atomic E-state index is 0.262. The van der Waals surface area contributed by atoms with Gasteiger partial charge in [0.25, 0.3) is 5.91 Å². The van der Waals surface area contributed by atoms with Crippen LogP contribution in [0, 0.1) is 0 Å². The van der Waals surface area contributed by atoms with Crippen LogP contribution in [-0.4, -0.2) is 15.9 Å². The van der Waals surface area contributed by atoms with Crippen molar-refractivity contribution in [2.24, 2.45) is 0 Å². The molecule has 2 aromatic carbocycles. The molecule has 0 unspecified atom stereocenters. The van der Waals surface area contributed by atoms with Crippen molar-refractivity contribution in [1.29, 1.82) is 0 Å². The first-order valence-electron chi connectivity index (χ1n) is 8.13. The van der Waals surface area contributed by atoms with Gasteiger partial charge in [-0.3, -0.25) is 4.79 Å². The van der Waals surface area contributed by atoms with E-state index in [0.717, 1.165) is 17.7 Å². The summed E-state index contributed by atoms with van der Waals surface area (Å²) in [6.07, 6.45) is 2.29. The number of benzene rings is 2. The number of hydrogen-bond acceptors (Lipinski definition) is 4. The van der Waals surface area contributed by atoms with E-state index >= 15 is 0 Å². The maximum Gasteiger partial charge on any atom is 0.274 e. The number of nitrogens with zero attached hydrogens (tertiary/aromatic N) is 2. The van der Waals surface area contributed by atoms with Gasteiger partial charge in [-0.25, -0.2) is 9.97 Å². The summed E-state index contributed by atoms with van der Waals surface area (Å²) in [5.74, 6) is 0.0709. The Labute approximate surface area is 146 Å². The van der Waals surface area contributed by atoms with Gasteiger partial charge in [-0.2, -0.15) is 0 Å². The molecule has 1 N–H and O–H groups in total. The number of carbonyl (C=O) groups is 1. The van der Waals surface area contributed by atoms with Gasteiger partial charge in [0, 0.05) is 11.8 Å². The molecule has 0 spiro atoms. The van der Waals surface area contributed by atoms with E-state index in [1.54, 1.807) is 6.07 Å². The van der Waals surface area contributed by atoms with Crippen molar-refractivity contribution in [2.75, 3.05) is 5.32 Å². The monoisotopic (exact) mass is 333 g/mol. The molecule has 126 valence electrons. The minimum Gasteiger partial charge on any atom is -0.473 e. The highest BCUT2D eigenvalue weighted by Gasteiger charge is 2.10. The van der Waals surface area contributed by atoms with Crippen molar-refractivity contribution in [3.8, 4) is 5.88 Å². The second-order valence-corrected chi connectivity index (χ2v) is 5.52. The third kappa shape index (κ3) is 4.64. The molecule has 1 heterocycles. The molecule has 1 aromatic heterocycles. The van der Waals surface area contributed by atoms with E-state index in [-0.39, 0.29) is 11.6 Å². The maximum atomic E-state index is 12.3. The quantitative estimate of drug-likeness (QED) is 0.744. The van der Waals surface area contributed by atoms with Crippen LogP contribution in [0.2, 0.25) is 0 Å². The smallest absolute Gasteiger partial charge is 0.274 e. The standard InChI is InChI=1S/C20H19N3O2/c1-2-15-8-10-17(11-9-15)23-20(24)18-12-19(22-14-21-18)25-13-16-6-4-3-5-7-16/h3-12,14H,2,13H2,1H3,(H,23,24). The Kier molecular flexibility index (Phi) is 5.36. The Hall–Kier alpha value is -3.21. The molecule has 0 aliphatic carbocycles. The number of nitrogens with one attached hydrogen (secondary N) is 1. The summed E-state index contributed by atoms with van der Waals surface area (Å²) in [7, 11) is 0. The van der Waals surface area contributed by atoms with Gasteiger partial charge in [0.05, 0.1) is 0 Å². The molecular weight excluding hydrogens is 314 g/mol. The predicted molar refractivity (Wildman–Crippen MR) is 96.6 cm³/mol. The molecule has 1 amide bonds. The summed E-state index contributed by atoms with van der Waals surface area (Å²) in [5.41, 5.74) is 3.24. The van der Waals surface area contributed by atoms with E-state index in [1.165, 1.54) is 11.9 Å². The molecular formula is C20H19N3O2. The number of aromatic nitrogens is 2. The van der Waals surface area contributed by atoms with Crippen LogP contribution in [-0.2, 0) is 13.0 Å². The lowest BCUT2D eigenvalue weighted by Crippen LogP contribution is -2.14. The molecule has 3 aromatic rings. The van der Waals surface area contributed by atoms with E-state index in [0.29, 0.717) is 12.5 Å². The molecule has 0 aliphatic heterocycles. The first-order valence-corrected chi connectivity index (χ1v) is 8.13. The molecule has 0 aliphatic rings. The molecule has 0 fully saturated rings. The van der Waals surface area contributed by atoms with Crippen LogP contribution in [0.25, 0.3) is 0 Å². The van der Waals surface area contributed by atoms with E-state index in [2.05, 4.69) is 22.2 Å². The van der Waals surface area contributed by atoms with Crippen LogP contribution in [0.3, 0.4) is 0 Å². The lowest BCUT2D eigenvalue weighted by molar-refractivity contribution is 0.102.